The lowest BCUT2D eigenvalue weighted by Crippen LogP contribution is -2.74. The Morgan fingerprint density at radius 3 is 2.11 bits per heavy atom. The number of carbonyl (C=O) groups excluding carboxylic acids is 5. The maximum Gasteiger partial charge on any atom is 0.262 e. The molecule has 4 aliphatic heterocycles. The molecule has 0 spiro atoms. The number of nitrogens with zero attached hydrogens (tertiary/aromatic N) is 5. The maximum atomic E-state index is 15.7. The highest BCUT2D eigenvalue weighted by Gasteiger charge is 2.64. The van der Waals surface area contributed by atoms with E-state index in [1.807, 2.05) is 43.6 Å². The van der Waals surface area contributed by atoms with Crippen LogP contribution in [-0.2, 0) is 9.59 Å². The minimum absolute atomic E-state index is 0.000202. The zero-order valence-electron chi connectivity index (χ0n) is 34.5. The average molecular weight is 856 g/mol. The Labute approximate surface area is 357 Å². The van der Waals surface area contributed by atoms with E-state index in [0.29, 0.717) is 67.2 Å². The summed E-state index contributed by atoms with van der Waals surface area (Å²) in [6.45, 7) is 12.6. The van der Waals surface area contributed by atoms with Gasteiger partial charge in [-0.1, -0.05) is 39.3 Å². The second-order valence-corrected chi connectivity index (χ2v) is 18.4. The third-order valence-electron chi connectivity index (χ3n) is 13.3. The first-order valence-electron chi connectivity index (χ1n) is 20.7. The molecule has 5 aliphatic rings. The molecule has 320 valence electrons. The number of nitrogens with one attached hydrogen (secondary N) is 2. The Bertz CT molecular complexity index is 2350. The summed E-state index contributed by atoms with van der Waals surface area (Å²) in [6, 6.07) is 12.7. The molecule has 1 saturated carbocycles. The van der Waals surface area contributed by atoms with Crippen molar-refractivity contribution in [2.45, 2.75) is 71.6 Å². The standard InChI is InChI=1S/C45H48ClF2N7O6/c1-44(2)42(45(3,4)43(44)61-28-7-5-27(23-49)31(46)20-28)51-38(57)26-6-8-34(32(47)19-26)53-13-11-25(12-14-53)24-52-15-17-54(18-16-52)36-22-30-29(21-33(36)48)40(59)55(41(30)60)35-9-10-37(56)50-39(35)58/h5-8,19-22,25,35,42-43H,9-18,24H2,1-4H3,(H,51,57)(H,50,56,58)/t35?,42-,43-. The predicted molar refractivity (Wildman–Crippen MR) is 222 cm³/mol. The van der Waals surface area contributed by atoms with E-state index in [2.05, 4.69) is 15.5 Å². The molecule has 61 heavy (non-hydrogen) atoms. The van der Waals surface area contributed by atoms with Crippen molar-refractivity contribution in [1.29, 1.82) is 5.26 Å². The number of hydrogen-bond donors (Lipinski definition) is 2. The first-order chi connectivity index (χ1) is 29.0. The van der Waals surface area contributed by atoms with Gasteiger partial charge < -0.3 is 19.9 Å². The molecule has 4 heterocycles. The number of anilines is 2. The van der Waals surface area contributed by atoms with E-state index >= 15 is 8.78 Å². The number of imide groups is 2. The fourth-order valence-electron chi connectivity index (χ4n) is 10.3. The fraction of sp³-hybridized carbons (Fsp3) is 0.467. The molecule has 3 saturated heterocycles. The summed E-state index contributed by atoms with van der Waals surface area (Å²) in [5.41, 5.74) is 0.303. The van der Waals surface area contributed by atoms with E-state index in [0.717, 1.165) is 30.4 Å². The third-order valence-corrected chi connectivity index (χ3v) is 13.6. The number of hydrogen-bond acceptors (Lipinski definition) is 10. The van der Waals surface area contributed by atoms with Crippen molar-refractivity contribution in [2.75, 3.05) is 55.6 Å². The minimum atomic E-state index is -1.12. The molecule has 13 nitrogen and oxygen atoms in total. The van der Waals surface area contributed by atoms with Crippen LogP contribution in [0.5, 0.6) is 5.75 Å². The van der Waals surface area contributed by atoms with Crippen LogP contribution in [0.1, 0.15) is 90.0 Å². The van der Waals surface area contributed by atoms with Crippen LogP contribution in [0.2, 0.25) is 5.02 Å². The molecule has 8 rings (SSSR count). The number of fused-ring (bicyclic) bond motifs is 1. The molecule has 1 unspecified atom stereocenters. The van der Waals surface area contributed by atoms with Crippen LogP contribution in [0.3, 0.4) is 0 Å². The summed E-state index contributed by atoms with van der Waals surface area (Å²) in [5.74, 6) is -3.13. The number of nitriles is 1. The molecule has 0 aromatic heterocycles. The molecule has 4 fully saturated rings. The van der Waals surface area contributed by atoms with Gasteiger partial charge in [-0.25, -0.2) is 8.78 Å². The molecule has 0 radical (unpaired) electrons. The van der Waals surface area contributed by atoms with Crippen molar-refractivity contribution >= 4 is 52.5 Å². The van der Waals surface area contributed by atoms with E-state index in [1.54, 1.807) is 30.3 Å². The number of rotatable bonds is 9. The lowest BCUT2D eigenvalue weighted by atomic mass is 9.49. The number of carbonyl (C=O) groups is 5. The molecule has 3 aromatic carbocycles. The lowest BCUT2D eigenvalue weighted by Gasteiger charge is -2.63. The van der Waals surface area contributed by atoms with Gasteiger partial charge in [0.25, 0.3) is 17.7 Å². The number of benzene rings is 3. The van der Waals surface area contributed by atoms with Crippen LogP contribution in [0, 0.1) is 39.7 Å². The Morgan fingerprint density at radius 1 is 0.852 bits per heavy atom. The Morgan fingerprint density at radius 2 is 1.49 bits per heavy atom. The summed E-state index contributed by atoms with van der Waals surface area (Å²) in [6.07, 6.45) is 1.45. The van der Waals surface area contributed by atoms with Crippen LogP contribution in [0.25, 0.3) is 0 Å². The topological polar surface area (TPSA) is 155 Å². The second-order valence-electron chi connectivity index (χ2n) is 18.0. The van der Waals surface area contributed by atoms with E-state index in [-0.39, 0.29) is 53.3 Å². The van der Waals surface area contributed by atoms with Gasteiger partial charge in [0.05, 0.1) is 33.1 Å². The molecule has 5 amide bonds. The minimum Gasteiger partial charge on any atom is -0.489 e. The Balaban J connectivity index is 0.815. The Hall–Kier alpha value is -5.59. The van der Waals surface area contributed by atoms with Gasteiger partial charge in [-0.3, -0.25) is 39.1 Å². The van der Waals surface area contributed by atoms with Gasteiger partial charge in [0.15, 0.2) is 0 Å². The van der Waals surface area contributed by atoms with Crippen molar-refractivity contribution < 1.29 is 37.5 Å². The van der Waals surface area contributed by atoms with E-state index in [4.69, 9.17) is 16.3 Å². The maximum absolute atomic E-state index is 15.7. The summed E-state index contributed by atoms with van der Waals surface area (Å²) in [7, 11) is 0. The SMILES string of the molecule is CC1(C)[C@H](NC(=O)c2ccc(N3CCC(CN4CCN(c5cc6c(cc5F)C(=O)N(C5CCC(=O)NC5=O)C6=O)CC4)CC3)c(F)c2)C(C)(C)[C@H]1Oc1ccc(C#N)c(Cl)c1. The number of piperazine rings is 1. The summed E-state index contributed by atoms with van der Waals surface area (Å²) < 4.78 is 37.5. The molecule has 16 heteroatoms. The van der Waals surface area contributed by atoms with Gasteiger partial charge in [0.2, 0.25) is 11.8 Å². The van der Waals surface area contributed by atoms with Gasteiger partial charge >= 0.3 is 0 Å². The van der Waals surface area contributed by atoms with Gasteiger partial charge in [-0.2, -0.15) is 5.26 Å². The monoisotopic (exact) mass is 855 g/mol. The van der Waals surface area contributed by atoms with Crippen LogP contribution in [-0.4, -0.2) is 103 Å². The summed E-state index contributed by atoms with van der Waals surface area (Å²) >= 11 is 6.23. The molecular formula is C45H48ClF2N7O6. The van der Waals surface area contributed by atoms with E-state index in [1.165, 1.54) is 12.1 Å². The van der Waals surface area contributed by atoms with Crippen molar-refractivity contribution in [3.63, 3.8) is 0 Å². The normalized spacial score (nSPS) is 23.9. The molecule has 3 aromatic rings. The summed E-state index contributed by atoms with van der Waals surface area (Å²) in [5, 5.41) is 14.8. The van der Waals surface area contributed by atoms with Gasteiger partial charge in [-0.15, -0.1) is 0 Å². The molecule has 1 aliphatic carbocycles. The lowest BCUT2D eigenvalue weighted by molar-refractivity contribution is -0.164. The number of halogens is 3. The van der Waals surface area contributed by atoms with Crippen LogP contribution >= 0.6 is 11.6 Å². The second kappa shape index (κ2) is 16.0. The average Bonchev–Trinajstić information content (AvgIpc) is 3.46. The number of amides is 5. The predicted octanol–water partition coefficient (Wildman–Crippen LogP) is 5.54. The third kappa shape index (κ3) is 7.69. The zero-order chi connectivity index (χ0) is 43.5. The van der Waals surface area contributed by atoms with Crippen LogP contribution in [0.4, 0.5) is 20.2 Å². The molecular weight excluding hydrogens is 808 g/mol. The number of piperidine rings is 2. The summed E-state index contributed by atoms with van der Waals surface area (Å²) in [4.78, 5) is 71.0. The molecule has 1 atom stereocenters. The van der Waals surface area contributed by atoms with Crippen molar-refractivity contribution in [3.05, 3.63) is 87.4 Å². The molecule has 0 bridgehead atoms. The number of ether oxygens (including phenoxy) is 1. The highest BCUT2D eigenvalue weighted by atomic mass is 35.5. The van der Waals surface area contributed by atoms with Crippen molar-refractivity contribution in [3.8, 4) is 11.8 Å². The van der Waals surface area contributed by atoms with Crippen LogP contribution in [0.15, 0.2) is 48.5 Å². The first-order valence-corrected chi connectivity index (χ1v) is 21.1. The van der Waals surface area contributed by atoms with Crippen molar-refractivity contribution in [1.82, 2.24) is 20.4 Å². The van der Waals surface area contributed by atoms with E-state index < -0.39 is 52.1 Å². The van der Waals surface area contributed by atoms with E-state index in [9.17, 15) is 29.2 Å². The highest BCUT2D eigenvalue weighted by molar-refractivity contribution is 6.31. The quantitative estimate of drug-likeness (QED) is 0.262. The largest absolute Gasteiger partial charge is 0.489 e. The van der Waals surface area contributed by atoms with Crippen LogP contribution < -0.4 is 25.2 Å². The highest BCUT2D eigenvalue weighted by Crippen LogP contribution is 2.55. The fourth-order valence-corrected chi connectivity index (χ4v) is 10.5. The van der Waals surface area contributed by atoms with Gasteiger partial charge in [-0.05, 0) is 67.6 Å². The van der Waals surface area contributed by atoms with Crippen molar-refractivity contribution in [2.24, 2.45) is 16.7 Å². The zero-order valence-corrected chi connectivity index (χ0v) is 35.3. The Kier molecular flexibility index (Phi) is 11.1. The van der Waals surface area contributed by atoms with Gasteiger partial charge in [0, 0.05) is 80.7 Å². The molecule has 2 N–H and O–H groups in total. The first kappa shape index (κ1) is 42.1. The van der Waals surface area contributed by atoms with Gasteiger partial charge in [0.1, 0.15) is 35.6 Å². The smallest absolute Gasteiger partial charge is 0.262 e.